The Hall–Kier alpha value is -1.39. The lowest BCUT2D eigenvalue weighted by Gasteiger charge is -2.25. The van der Waals surface area contributed by atoms with Crippen molar-refractivity contribution < 1.29 is 9.53 Å². The minimum atomic E-state index is -0.770. The monoisotopic (exact) mass is 262 g/mol. The molecule has 0 bridgehead atoms. The Labute approximate surface area is 114 Å². The molecule has 0 aliphatic carbocycles. The predicted molar refractivity (Wildman–Crippen MR) is 76.2 cm³/mol. The Bertz CT molecular complexity index is 467. The molecule has 0 saturated heterocycles. The third-order valence-corrected chi connectivity index (χ3v) is 3.96. The van der Waals surface area contributed by atoms with E-state index in [1.807, 2.05) is 26.0 Å². The molecular weight excluding hydrogens is 240 g/mol. The molecule has 1 amide bonds. The topological polar surface area (TPSA) is 50.4 Å². The zero-order valence-corrected chi connectivity index (χ0v) is 11.9. The first-order valence-electron chi connectivity index (χ1n) is 6.78. The van der Waals surface area contributed by atoms with Gasteiger partial charge in [0.05, 0.1) is 0 Å². The first kappa shape index (κ1) is 14.0. The second-order valence-electron chi connectivity index (χ2n) is 5.15. The lowest BCUT2D eigenvalue weighted by molar-refractivity contribution is -0.136. The maximum absolute atomic E-state index is 12.2. The minimum Gasteiger partial charge on any atom is -0.369 e. The van der Waals surface area contributed by atoms with E-state index in [9.17, 15) is 4.79 Å². The number of benzene rings is 1. The molecule has 4 nitrogen and oxygen atoms in total. The van der Waals surface area contributed by atoms with Gasteiger partial charge in [0.15, 0.2) is 0 Å². The quantitative estimate of drug-likeness (QED) is 0.873. The van der Waals surface area contributed by atoms with Crippen LogP contribution in [-0.4, -0.2) is 25.2 Å². The summed E-state index contributed by atoms with van der Waals surface area (Å²) >= 11 is 0. The molecule has 19 heavy (non-hydrogen) atoms. The molecule has 0 saturated carbocycles. The van der Waals surface area contributed by atoms with Gasteiger partial charge in [-0.2, -0.15) is 0 Å². The highest BCUT2D eigenvalue weighted by Crippen LogP contribution is 2.21. The average Bonchev–Trinajstić information content (AvgIpc) is 2.46. The van der Waals surface area contributed by atoms with Gasteiger partial charge in [-0.05, 0) is 49.6 Å². The van der Waals surface area contributed by atoms with Gasteiger partial charge in [-0.3, -0.25) is 4.79 Å². The van der Waals surface area contributed by atoms with Crippen molar-refractivity contribution in [2.75, 3.05) is 19.0 Å². The van der Waals surface area contributed by atoms with Gasteiger partial charge in [0.25, 0.3) is 5.91 Å². The Morgan fingerprint density at radius 2 is 2.26 bits per heavy atom. The van der Waals surface area contributed by atoms with Crippen molar-refractivity contribution in [3.05, 3.63) is 29.3 Å². The Kier molecular flexibility index (Phi) is 4.22. The summed E-state index contributed by atoms with van der Waals surface area (Å²) in [5, 5.41) is 6.28. The van der Waals surface area contributed by atoms with Gasteiger partial charge in [-0.1, -0.05) is 13.0 Å². The van der Waals surface area contributed by atoms with Crippen LogP contribution in [0.4, 0.5) is 5.69 Å². The van der Waals surface area contributed by atoms with Crippen molar-refractivity contribution in [3.8, 4) is 0 Å². The van der Waals surface area contributed by atoms with E-state index < -0.39 is 5.60 Å². The van der Waals surface area contributed by atoms with Crippen molar-refractivity contribution in [1.82, 2.24) is 5.32 Å². The molecule has 1 aromatic carbocycles. The Morgan fingerprint density at radius 1 is 1.47 bits per heavy atom. The van der Waals surface area contributed by atoms with Crippen LogP contribution in [0.1, 0.15) is 31.4 Å². The fourth-order valence-electron chi connectivity index (χ4n) is 2.22. The number of nitrogens with one attached hydrogen (secondary N) is 2. The molecule has 1 aromatic rings. The van der Waals surface area contributed by atoms with E-state index in [0.717, 1.165) is 25.2 Å². The van der Waals surface area contributed by atoms with Crippen LogP contribution in [0.5, 0.6) is 0 Å². The number of hydrogen-bond donors (Lipinski definition) is 2. The summed E-state index contributed by atoms with van der Waals surface area (Å²) in [5.41, 5.74) is 2.69. The van der Waals surface area contributed by atoms with Crippen molar-refractivity contribution >= 4 is 11.6 Å². The van der Waals surface area contributed by atoms with Crippen LogP contribution < -0.4 is 10.6 Å². The molecule has 2 rings (SSSR count). The Balaban J connectivity index is 2.13. The molecule has 104 valence electrons. The number of fused-ring (bicyclic) bond motifs is 1. The van der Waals surface area contributed by atoms with Crippen LogP contribution in [0.25, 0.3) is 0 Å². The zero-order chi connectivity index (χ0) is 13.9. The van der Waals surface area contributed by atoms with Crippen LogP contribution in [0.15, 0.2) is 18.2 Å². The molecule has 1 atom stereocenters. The molecule has 1 aliphatic rings. The third-order valence-electron chi connectivity index (χ3n) is 3.96. The fourth-order valence-corrected chi connectivity index (χ4v) is 2.22. The van der Waals surface area contributed by atoms with Crippen molar-refractivity contribution in [1.29, 1.82) is 0 Å². The lowest BCUT2D eigenvalue weighted by Crippen LogP contribution is -2.41. The standard InChI is InChI=1S/C15H22N2O2/c1-4-15(2,19-3)14(18)17-13-6-5-11-7-8-16-10-12(11)9-13/h5-6,9,16H,4,7-8,10H2,1-3H3,(H,17,18). The first-order valence-corrected chi connectivity index (χ1v) is 6.78. The van der Waals surface area contributed by atoms with E-state index >= 15 is 0 Å². The van der Waals surface area contributed by atoms with Crippen LogP contribution >= 0.6 is 0 Å². The van der Waals surface area contributed by atoms with E-state index in [0.29, 0.717) is 6.42 Å². The molecular formula is C15H22N2O2. The van der Waals surface area contributed by atoms with Crippen LogP contribution in [-0.2, 0) is 22.5 Å². The van der Waals surface area contributed by atoms with Gasteiger partial charge >= 0.3 is 0 Å². The van der Waals surface area contributed by atoms with Crippen molar-refractivity contribution in [2.24, 2.45) is 0 Å². The first-order chi connectivity index (χ1) is 9.09. The molecule has 0 radical (unpaired) electrons. The molecule has 4 heteroatoms. The highest BCUT2D eigenvalue weighted by molar-refractivity contribution is 5.97. The minimum absolute atomic E-state index is 0.0961. The maximum Gasteiger partial charge on any atom is 0.256 e. The number of ether oxygens (including phenoxy) is 1. The summed E-state index contributed by atoms with van der Waals surface area (Å²) in [7, 11) is 1.57. The number of carbonyl (C=O) groups excluding carboxylic acids is 1. The number of amides is 1. The second kappa shape index (κ2) is 5.72. The summed E-state index contributed by atoms with van der Waals surface area (Å²) in [5.74, 6) is -0.0961. The summed E-state index contributed by atoms with van der Waals surface area (Å²) in [4.78, 5) is 12.2. The van der Waals surface area contributed by atoms with Crippen molar-refractivity contribution in [3.63, 3.8) is 0 Å². The molecule has 0 spiro atoms. The number of carbonyl (C=O) groups is 1. The largest absolute Gasteiger partial charge is 0.369 e. The number of hydrogen-bond acceptors (Lipinski definition) is 3. The molecule has 1 unspecified atom stereocenters. The average molecular weight is 262 g/mol. The normalized spacial score (nSPS) is 17.4. The highest BCUT2D eigenvalue weighted by atomic mass is 16.5. The van der Waals surface area contributed by atoms with Crippen LogP contribution in [0, 0.1) is 0 Å². The Morgan fingerprint density at radius 3 is 2.95 bits per heavy atom. The highest BCUT2D eigenvalue weighted by Gasteiger charge is 2.31. The number of methoxy groups -OCH3 is 1. The fraction of sp³-hybridized carbons (Fsp3) is 0.533. The predicted octanol–water partition coefficient (Wildman–Crippen LogP) is 2.09. The third kappa shape index (κ3) is 2.96. The number of rotatable bonds is 4. The maximum atomic E-state index is 12.2. The molecule has 2 N–H and O–H groups in total. The van der Waals surface area contributed by atoms with E-state index in [1.54, 1.807) is 7.11 Å². The number of anilines is 1. The summed E-state index contributed by atoms with van der Waals surface area (Å²) in [6, 6.07) is 6.11. The second-order valence-corrected chi connectivity index (χ2v) is 5.15. The van der Waals surface area contributed by atoms with E-state index in [-0.39, 0.29) is 5.91 Å². The van der Waals surface area contributed by atoms with Gasteiger partial charge in [0.2, 0.25) is 0 Å². The zero-order valence-electron chi connectivity index (χ0n) is 11.9. The van der Waals surface area contributed by atoms with Gasteiger partial charge in [0.1, 0.15) is 5.60 Å². The SMILES string of the molecule is CCC(C)(OC)C(=O)Nc1ccc2c(c1)CNCC2. The summed E-state index contributed by atoms with van der Waals surface area (Å²) < 4.78 is 5.31. The van der Waals surface area contributed by atoms with Crippen molar-refractivity contribution in [2.45, 2.75) is 38.8 Å². The van der Waals surface area contributed by atoms with E-state index in [4.69, 9.17) is 4.74 Å². The molecule has 0 aromatic heterocycles. The van der Waals surface area contributed by atoms with E-state index in [1.165, 1.54) is 11.1 Å². The lowest BCUT2D eigenvalue weighted by atomic mass is 9.99. The summed E-state index contributed by atoms with van der Waals surface area (Å²) in [6.45, 7) is 5.65. The van der Waals surface area contributed by atoms with Gasteiger partial charge in [-0.15, -0.1) is 0 Å². The smallest absolute Gasteiger partial charge is 0.256 e. The van der Waals surface area contributed by atoms with Crippen LogP contribution in [0.2, 0.25) is 0 Å². The molecule has 1 heterocycles. The van der Waals surface area contributed by atoms with E-state index in [2.05, 4.69) is 16.7 Å². The van der Waals surface area contributed by atoms with Gasteiger partial charge in [0, 0.05) is 19.3 Å². The molecule has 1 aliphatic heterocycles. The van der Waals surface area contributed by atoms with Gasteiger partial charge in [-0.25, -0.2) is 0 Å². The van der Waals surface area contributed by atoms with Gasteiger partial charge < -0.3 is 15.4 Å². The van der Waals surface area contributed by atoms with Crippen LogP contribution in [0.3, 0.4) is 0 Å². The molecule has 0 fully saturated rings. The summed E-state index contributed by atoms with van der Waals surface area (Å²) in [6.07, 6.45) is 1.69.